The van der Waals surface area contributed by atoms with Crippen LogP contribution in [0.3, 0.4) is 0 Å². The van der Waals surface area contributed by atoms with E-state index in [2.05, 4.69) is 10.1 Å². The number of nitrogens with one attached hydrogen (secondary N) is 1. The van der Waals surface area contributed by atoms with E-state index >= 15 is 0 Å². The topological polar surface area (TPSA) is 75.6 Å². The Kier molecular flexibility index (Phi) is 7.62. The summed E-state index contributed by atoms with van der Waals surface area (Å²) in [6.07, 6.45) is -0.706. The number of hydrogen-bond donors (Lipinski definition) is 2. The Hall–Kier alpha value is -0.970. The molecule has 0 aliphatic carbocycles. The zero-order chi connectivity index (χ0) is 8.85. The van der Waals surface area contributed by atoms with Crippen LogP contribution in [0.15, 0.2) is 0 Å². The van der Waals surface area contributed by atoms with Crippen molar-refractivity contribution < 1.29 is 19.4 Å². The quantitative estimate of drug-likeness (QED) is 0.696. The fourth-order valence-corrected chi connectivity index (χ4v) is 0.411. The second kappa shape index (κ2) is 6.72. The zero-order valence-corrected chi connectivity index (χ0v) is 7.68. The summed E-state index contributed by atoms with van der Waals surface area (Å²) in [7, 11) is 0. The van der Waals surface area contributed by atoms with Crippen LogP contribution in [0.5, 0.6) is 0 Å². The van der Waals surface area contributed by atoms with Gasteiger partial charge in [0.25, 0.3) is 0 Å². The van der Waals surface area contributed by atoms with Gasteiger partial charge in [-0.15, -0.1) is 12.4 Å². The third-order valence-corrected chi connectivity index (χ3v) is 0.980. The van der Waals surface area contributed by atoms with Gasteiger partial charge in [0.2, 0.25) is 0 Å². The lowest BCUT2D eigenvalue weighted by Gasteiger charge is -2.07. The van der Waals surface area contributed by atoms with E-state index < -0.39 is 18.1 Å². The molecule has 0 aliphatic heterocycles. The minimum atomic E-state index is -1.09. The third-order valence-electron chi connectivity index (χ3n) is 0.980. The molecular weight excluding hydrogens is 186 g/mol. The number of hydrogen-bond acceptors (Lipinski definition) is 3. The number of carboxylic acids is 1. The summed E-state index contributed by atoms with van der Waals surface area (Å²) in [6, 6.07) is -0.908. The molecule has 0 heterocycles. The first-order valence-electron chi connectivity index (χ1n) is 3.24. The van der Waals surface area contributed by atoms with E-state index in [1.807, 2.05) is 0 Å². The lowest BCUT2D eigenvalue weighted by Crippen LogP contribution is -2.38. The Balaban J connectivity index is 0. The highest BCUT2D eigenvalue weighted by molar-refractivity contribution is 5.85. The molecule has 1 atom stereocenters. The van der Waals surface area contributed by atoms with Crippen molar-refractivity contribution in [1.29, 1.82) is 0 Å². The van der Waals surface area contributed by atoms with Crippen LogP contribution in [0.25, 0.3) is 0 Å². The minimum Gasteiger partial charge on any atom is -0.480 e. The molecule has 0 aliphatic rings. The average molecular weight is 198 g/mol. The molecule has 6 heteroatoms. The first-order valence-corrected chi connectivity index (χ1v) is 3.24. The SMILES string of the molecule is CCOC(=O)N[C@@H](C)C(=O)O.Cl. The number of ether oxygens (including phenoxy) is 1. The largest absolute Gasteiger partial charge is 0.480 e. The Morgan fingerprint density at radius 3 is 2.42 bits per heavy atom. The van der Waals surface area contributed by atoms with Crippen molar-refractivity contribution in [3.05, 3.63) is 0 Å². The highest BCUT2D eigenvalue weighted by Crippen LogP contribution is 1.83. The van der Waals surface area contributed by atoms with Gasteiger partial charge in [0.1, 0.15) is 6.04 Å². The molecule has 0 aromatic carbocycles. The number of rotatable bonds is 3. The number of aliphatic carboxylic acids is 1. The molecule has 0 saturated heterocycles. The molecule has 0 rings (SSSR count). The second-order valence-electron chi connectivity index (χ2n) is 1.92. The van der Waals surface area contributed by atoms with E-state index in [0.717, 1.165) is 0 Å². The van der Waals surface area contributed by atoms with Crippen LogP contribution in [-0.2, 0) is 9.53 Å². The van der Waals surface area contributed by atoms with E-state index in [9.17, 15) is 9.59 Å². The number of carbonyl (C=O) groups excluding carboxylic acids is 1. The van der Waals surface area contributed by atoms with E-state index in [0.29, 0.717) is 0 Å². The monoisotopic (exact) mass is 197 g/mol. The molecule has 0 fully saturated rings. The Bertz CT molecular complexity index is 162. The van der Waals surface area contributed by atoms with Gasteiger partial charge in [-0.05, 0) is 13.8 Å². The summed E-state index contributed by atoms with van der Waals surface area (Å²) in [5.41, 5.74) is 0. The van der Waals surface area contributed by atoms with Crippen LogP contribution in [0.4, 0.5) is 4.79 Å². The first-order chi connectivity index (χ1) is 5.07. The maximum atomic E-state index is 10.6. The summed E-state index contributed by atoms with van der Waals surface area (Å²) in [6.45, 7) is 3.24. The van der Waals surface area contributed by atoms with Gasteiger partial charge in [0.05, 0.1) is 6.61 Å². The van der Waals surface area contributed by atoms with Crippen molar-refractivity contribution in [2.24, 2.45) is 0 Å². The number of carboxylic acid groups (broad SMARTS) is 1. The fourth-order valence-electron chi connectivity index (χ4n) is 0.411. The maximum absolute atomic E-state index is 10.6. The van der Waals surface area contributed by atoms with Crippen molar-refractivity contribution in [2.75, 3.05) is 6.61 Å². The summed E-state index contributed by atoms with van der Waals surface area (Å²) in [5.74, 6) is -1.09. The van der Waals surface area contributed by atoms with Crippen molar-refractivity contribution in [3.8, 4) is 0 Å². The smallest absolute Gasteiger partial charge is 0.407 e. The molecule has 0 aromatic heterocycles. The molecule has 72 valence electrons. The molecule has 0 radical (unpaired) electrons. The molecule has 5 nitrogen and oxygen atoms in total. The maximum Gasteiger partial charge on any atom is 0.407 e. The highest BCUT2D eigenvalue weighted by atomic mass is 35.5. The molecule has 0 aromatic rings. The van der Waals surface area contributed by atoms with Gasteiger partial charge in [0.15, 0.2) is 0 Å². The van der Waals surface area contributed by atoms with Gasteiger partial charge >= 0.3 is 12.1 Å². The van der Waals surface area contributed by atoms with Crippen molar-refractivity contribution in [3.63, 3.8) is 0 Å². The molecule has 0 bridgehead atoms. The number of carbonyl (C=O) groups is 2. The van der Waals surface area contributed by atoms with E-state index in [1.165, 1.54) is 6.92 Å². The lowest BCUT2D eigenvalue weighted by atomic mass is 10.4. The van der Waals surface area contributed by atoms with Crippen molar-refractivity contribution in [1.82, 2.24) is 5.32 Å². The van der Waals surface area contributed by atoms with Crippen LogP contribution < -0.4 is 5.32 Å². The molecule has 0 spiro atoms. The summed E-state index contributed by atoms with van der Waals surface area (Å²) in [4.78, 5) is 20.7. The predicted octanol–water partition coefficient (Wildman–Crippen LogP) is 0.627. The standard InChI is InChI=1S/C6H11NO4.ClH/c1-3-11-6(10)7-4(2)5(8)9;/h4H,3H2,1-2H3,(H,7,10)(H,8,9);1H/t4-;/m0./s1. The first kappa shape index (κ1) is 13.6. The Morgan fingerprint density at radius 1 is 1.58 bits per heavy atom. The van der Waals surface area contributed by atoms with Crippen LogP contribution in [0.1, 0.15) is 13.8 Å². The Labute approximate surface area is 76.5 Å². The molecule has 1 amide bonds. The van der Waals surface area contributed by atoms with Crippen molar-refractivity contribution in [2.45, 2.75) is 19.9 Å². The van der Waals surface area contributed by atoms with Gasteiger partial charge in [0, 0.05) is 0 Å². The van der Waals surface area contributed by atoms with E-state index in [-0.39, 0.29) is 19.0 Å². The van der Waals surface area contributed by atoms with Gasteiger partial charge < -0.3 is 15.2 Å². The minimum absolute atomic E-state index is 0. The Morgan fingerprint density at radius 2 is 2.08 bits per heavy atom. The fraction of sp³-hybridized carbons (Fsp3) is 0.667. The number of alkyl carbamates (subject to hydrolysis) is 1. The van der Waals surface area contributed by atoms with Crippen LogP contribution in [0.2, 0.25) is 0 Å². The summed E-state index contributed by atoms with van der Waals surface area (Å²) in [5, 5.41) is 10.4. The molecule has 0 unspecified atom stereocenters. The molecule has 0 saturated carbocycles. The van der Waals surface area contributed by atoms with Gasteiger partial charge in [-0.1, -0.05) is 0 Å². The number of halogens is 1. The lowest BCUT2D eigenvalue weighted by molar-refractivity contribution is -0.138. The van der Waals surface area contributed by atoms with Gasteiger partial charge in [-0.2, -0.15) is 0 Å². The normalized spacial score (nSPS) is 10.8. The molecule has 2 N–H and O–H groups in total. The molecule has 12 heavy (non-hydrogen) atoms. The third kappa shape index (κ3) is 5.79. The van der Waals surface area contributed by atoms with Gasteiger partial charge in [-0.3, -0.25) is 4.79 Å². The number of amides is 1. The van der Waals surface area contributed by atoms with E-state index in [4.69, 9.17) is 5.11 Å². The van der Waals surface area contributed by atoms with Crippen LogP contribution in [0, 0.1) is 0 Å². The zero-order valence-electron chi connectivity index (χ0n) is 6.86. The van der Waals surface area contributed by atoms with E-state index in [1.54, 1.807) is 6.92 Å². The average Bonchev–Trinajstić information content (AvgIpc) is 1.87. The molecular formula is C6H12ClNO4. The summed E-state index contributed by atoms with van der Waals surface area (Å²) < 4.78 is 4.45. The van der Waals surface area contributed by atoms with Gasteiger partial charge in [-0.25, -0.2) is 4.79 Å². The summed E-state index contributed by atoms with van der Waals surface area (Å²) >= 11 is 0. The second-order valence-corrected chi connectivity index (χ2v) is 1.92. The van der Waals surface area contributed by atoms with Crippen LogP contribution in [-0.4, -0.2) is 29.8 Å². The van der Waals surface area contributed by atoms with Crippen molar-refractivity contribution >= 4 is 24.5 Å². The predicted molar refractivity (Wildman–Crippen MR) is 44.5 cm³/mol. The highest BCUT2D eigenvalue weighted by Gasteiger charge is 2.13. The van der Waals surface area contributed by atoms with Crippen LogP contribution >= 0.6 is 12.4 Å².